The van der Waals surface area contributed by atoms with E-state index in [1.165, 1.54) is 0 Å². The van der Waals surface area contributed by atoms with Crippen LogP contribution in [-0.2, 0) is 0 Å². The third-order valence-electron chi connectivity index (χ3n) is 10.6. The normalized spacial score (nSPS) is 18.2. The molecule has 1 aliphatic rings. The molecule has 0 atom stereocenters. The molecule has 3 heteroatoms. The van der Waals surface area contributed by atoms with Crippen molar-refractivity contribution in [2.45, 2.75) is 0 Å². The molecule has 8 aromatic carbocycles. The van der Waals surface area contributed by atoms with Gasteiger partial charge in [0.2, 0.25) is 0 Å². The highest BCUT2D eigenvalue weighted by Gasteiger charge is 2.18. The molecule has 0 radical (unpaired) electrons. The predicted molar refractivity (Wildman–Crippen MR) is 228 cm³/mol. The van der Waals surface area contributed by atoms with Crippen molar-refractivity contribution in [3.63, 3.8) is 0 Å². The Balaban J connectivity index is 1.40. The minimum atomic E-state index is -0.785. The number of benzene rings is 8. The largest absolute Gasteiger partial charge is 0.309 e. The number of pyridine rings is 1. The Morgan fingerprint density at radius 1 is 0.375 bits per heavy atom. The van der Waals surface area contributed by atoms with Crippen molar-refractivity contribution >= 4 is 43.6 Å². The summed E-state index contributed by atoms with van der Waals surface area (Å²) >= 11 is 0. The smallest absolute Gasteiger partial charge is 0.140 e. The molecule has 0 aliphatic heterocycles. The van der Waals surface area contributed by atoms with Gasteiger partial charge < -0.3 is 4.57 Å². The Kier molecular flexibility index (Phi) is 4.23. The van der Waals surface area contributed by atoms with E-state index in [-0.39, 0.29) is 11.3 Å². The Morgan fingerprint density at radius 2 is 0.750 bits per heavy atom. The molecule has 3 nitrogen and oxygen atoms in total. The van der Waals surface area contributed by atoms with Gasteiger partial charge in [0.1, 0.15) is 5.82 Å². The number of para-hydroxylation sites is 4. The van der Waals surface area contributed by atoms with Crippen LogP contribution in [0.1, 0.15) is 20.6 Å². The van der Waals surface area contributed by atoms with Gasteiger partial charge in [-0.3, -0.25) is 4.57 Å². The summed E-state index contributed by atoms with van der Waals surface area (Å²) in [6, 6.07) is 23.8. The third kappa shape index (κ3) is 4.49. The van der Waals surface area contributed by atoms with E-state index in [0.29, 0.717) is 11.5 Å². The van der Waals surface area contributed by atoms with E-state index in [0.717, 1.165) is 43.6 Å². The van der Waals surface area contributed by atoms with E-state index in [9.17, 15) is 12.3 Å². The molecule has 11 aromatic rings. The van der Waals surface area contributed by atoms with Crippen molar-refractivity contribution in [2.24, 2.45) is 0 Å². The van der Waals surface area contributed by atoms with Gasteiger partial charge in [-0.1, -0.05) is 157 Å². The lowest BCUT2D eigenvalue weighted by atomic mass is 10.00. The maximum atomic E-state index is 10.4. The zero-order valence-electron chi connectivity index (χ0n) is 44.2. The molecule has 0 unspecified atom stereocenters. The Hall–Kier alpha value is -7.49. The van der Waals surface area contributed by atoms with Crippen LogP contribution in [-0.4, -0.2) is 14.1 Å². The van der Waals surface area contributed by atoms with Crippen LogP contribution in [0.3, 0.4) is 0 Å². The second kappa shape index (κ2) is 12.0. The van der Waals surface area contributed by atoms with Crippen molar-refractivity contribution in [1.29, 1.82) is 0 Å². The van der Waals surface area contributed by atoms with Gasteiger partial charge in [-0.2, -0.15) is 0 Å². The molecule has 56 heavy (non-hydrogen) atoms. The number of hydrogen-bond acceptors (Lipinski definition) is 1. The molecular formula is C53H33N3. The summed E-state index contributed by atoms with van der Waals surface area (Å²) in [5.74, 6) is 0.362. The van der Waals surface area contributed by atoms with E-state index in [4.69, 9.17) is 13.2 Å². The van der Waals surface area contributed by atoms with Gasteiger partial charge in [0, 0.05) is 33.2 Å². The lowest BCUT2D eigenvalue weighted by molar-refractivity contribution is 1.06. The second-order valence-electron chi connectivity index (χ2n) is 13.6. The molecule has 0 N–H and O–H groups in total. The summed E-state index contributed by atoms with van der Waals surface area (Å²) in [6.07, 6.45) is 0. The molecule has 0 fully saturated rings. The minimum absolute atomic E-state index is 0.00877. The summed E-state index contributed by atoms with van der Waals surface area (Å²) in [5, 5.41) is -0.0208. The first kappa shape index (κ1) is 19.7. The average molecular weight is 727 g/mol. The maximum absolute atomic E-state index is 10.4. The summed E-state index contributed by atoms with van der Waals surface area (Å²) in [5.41, 5.74) is 3.55. The number of nitrogens with zero attached hydrogens (tertiary/aromatic N) is 3. The molecular weight excluding hydrogens is 679 g/mol. The average Bonchev–Trinajstić information content (AvgIpc) is 3.90. The van der Waals surface area contributed by atoms with Gasteiger partial charge in [-0.15, -0.1) is 0 Å². The van der Waals surface area contributed by atoms with Crippen LogP contribution in [0.5, 0.6) is 0 Å². The standard InChI is InChI=1S/C53H33N3/c1-2-16-37-36(15-1)38-17-3-4-19-40(38)42-30-29-34(31-47(42)41-20-6-5-18-39(37)41)48-32-35(55-49-25-11-7-21-43(49)44-22-8-12-26-50(44)55)33-53(54-48)56-51-27-13-9-23-45(51)46-24-10-14-28-52(46)56/h1-33H/b38-36-,39-37-,42-40-,47-41-/i1D,2D,3D,4D,5D,6D,15D,16D,17D,18D,19D,20D,29D,30D,31D. The van der Waals surface area contributed by atoms with Gasteiger partial charge in [-0.05, 0) is 78.1 Å². The van der Waals surface area contributed by atoms with Crippen LogP contribution in [0.2, 0.25) is 0 Å². The van der Waals surface area contributed by atoms with E-state index in [1.54, 1.807) is 6.07 Å². The van der Waals surface area contributed by atoms with Crippen LogP contribution >= 0.6 is 0 Å². The van der Waals surface area contributed by atoms with Crippen molar-refractivity contribution < 1.29 is 20.6 Å². The van der Waals surface area contributed by atoms with Crippen molar-refractivity contribution in [3.8, 4) is 22.8 Å². The lowest BCUT2D eigenvalue weighted by Crippen LogP contribution is -2.03. The molecule has 12 rings (SSSR count). The van der Waals surface area contributed by atoms with Crippen molar-refractivity contribution in [2.75, 3.05) is 0 Å². The Morgan fingerprint density at radius 3 is 1.20 bits per heavy atom. The fourth-order valence-corrected chi connectivity index (χ4v) is 8.22. The minimum Gasteiger partial charge on any atom is -0.309 e. The molecule has 0 saturated carbocycles. The summed E-state index contributed by atoms with van der Waals surface area (Å²) in [7, 11) is 0. The molecule has 0 amide bonds. The first-order valence-corrected chi connectivity index (χ1v) is 18.0. The highest BCUT2D eigenvalue weighted by Crippen LogP contribution is 2.36. The first-order chi connectivity index (χ1) is 34.0. The molecule has 3 aromatic heterocycles. The molecule has 0 bridgehead atoms. The van der Waals surface area contributed by atoms with Gasteiger partial charge in [0.15, 0.2) is 0 Å². The molecule has 0 saturated heterocycles. The monoisotopic (exact) mass is 726 g/mol. The van der Waals surface area contributed by atoms with Crippen LogP contribution in [0, 0.1) is 41.7 Å². The van der Waals surface area contributed by atoms with Gasteiger partial charge in [-0.25, -0.2) is 4.98 Å². The summed E-state index contributed by atoms with van der Waals surface area (Å²) in [4.78, 5) is 5.24. The number of fused-ring (bicyclic) bond motifs is 10. The zero-order chi connectivity index (χ0) is 49.8. The summed E-state index contributed by atoms with van der Waals surface area (Å²) in [6.45, 7) is 0. The predicted octanol–water partition coefficient (Wildman–Crippen LogP) is 12.4. The topological polar surface area (TPSA) is 22.8 Å². The fourth-order valence-electron chi connectivity index (χ4n) is 8.22. The van der Waals surface area contributed by atoms with E-state index in [1.807, 2.05) is 112 Å². The second-order valence-corrected chi connectivity index (χ2v) is 13.6. The number of rotatable bonds is 3. The van der Waals surface area contributed by atoms with Crippen molar-refractivity contribution in [1.82, 2.24) is 14.1 Å². The Bertz CT molecular complexity index is 4470. The van der Waals surface area contributed by atoms with Gasteiger partial charge in [0.05, 0.1) is 54.0 Å². The third-order valence-corrected chi connectivity index (χ3v) is 10.6. The maximum Gasteiger partial charge on any atom is 0.140 e. The fraction of sp³-hybridized carbons (Fsp3) is 0. The zero-order valence-corrected chi connectivity index (χ0v) is 29.2. The lowest BCUT2D eigenvalue weighted by Gasteiger charge is -2.15. The SMILES string of the molecule is [2H]c1c([2H])c([2H])c2/c(c1[2H])=c1/c([2H])c([2H])c([2H])c([2H])/c1=c1\c([2H])c([2H])c(-c3cc(-n4c5ccccc5c5ccccc54)cc(-n4c5ccccc5c5ccccc54)n3)c([2H])\c1=c1/c([2H])c([2H])c([2H])c([2H])/c1=2. The highest BCUT2D eigenvalue weighted by molar-refractivity contribution is 6.10. The summed E-state index contributed by atoms with van der Waals surface area (Å²) < 4.78 is 143. The van der Waals surface area contributed by atoms with E-state index < -0.39 is 132 Å². The molecule has 3 heterocycles. The molecule has 1 aliphatic carbocycles. The van der Waals surface area contributed by atoms with Gasteiger partial charge >= 0.3 is 0 Å². The molecule has 260 valence electrons. The van der Waals surface area contributed by atoms with E-state index >= 15 is 0 Å². The highest BCUT2D eigenvalue weighted by atomic mass is 15.1. The van der Waals surface area contributed by atoms with Gasteiger partial charge in [0.25, 0.3) is 0 Å². The van der Waals surface area contributed by atoms with Crippen LogP contribution in [0.25, 0.3) is 66.4 Å². The quantitative estimate of drug-likeness (QED) is 0.178. The van der Waals surface area contributed by atoms with Crippen LogP contribution in [0.15, 0.2) is 200 Å². The van der Waals surface area contributed by atoms with E-state index in [2.05, 4.69) is 0 Å². The van der Waals surface area contributed by atoms with Crippen molar-refractivity contribution in [3.05, 3.63) is 242 Å². The number of aromatic nitrogens is 3. The van der Waals surface area contributed by atoms with Crippen LogP contribution in [0.4, 0.5) is 0 Å². The number of hydrogen-bond donors (Lipinski definition) is 0. The van der Waals surface area contributed by atoms with Crippen LogP contribution < -0.4 is 0 Å². The first-order valence-electron chi connectivity index (χ1n) is 25.5. The molecule has 0 spiro atoms. The Labute approximate surface area is 342 Å².